The molecule has 0 unspecified atom stereocenters. The normalized spacial score (nSPS) is 23.7. The van der Waals surface area contributed by atoms with E-state index in [4.69, 9.17) is 9.47 Å². The van der Waals surface area contributed by atoms with E-state index in [0.29, 0.717) is 50.7 Å². The summed E-state index contributed by atoms with van der Waals surface area (Å²) in [5.74, 6) is -0.694. The average molecular weight is 635 g/mol. The fourth-order valence-electron chi connectivity index (χ4n) is 6.02. The van der Waals surface area contributed by atoms with Crippen LogP contribution in [0.5, 0.6) is 5.75 Å². The van der Waals surface area contributed by atoms with Crippen molar-refractivity contribution in [2.24, 2.45) is 0 Å². The summed E-state index contributed by atoms with van der Waals surface area (Å²) in [4.78, 5) is 13.2. The topological polar surface area (TPSA) is 128 Å². The minimum absolute atomic E-state index is 0.00914. The van der Waals surface area contributed by atoms with Crippen LogP contribution >= 0.6 is 0 Å². The molecule has 3 aliphatic heterocycles. The maximum absolute atomic E-state index is 14.0. The number of nitrogens with one attached hydrogen (secondary N) is 2. The summed E-state index contributed by atoms with van der Waals surface area (Å²) < 4.78 is 83.5. The number of ether oxygens (including phenoxy) is 2. The maximum atomic E-state index is 14.0. The van der Waals surface area contributed by atoms with Crippen molar-refractivity contribution < 1.29 is 35.9 Å². The molecule has 0 aliphatic carbocycles. The van der Waals surface area contributed by atoms with Gasteiger partial charge in [0.2, 0.25) is 15.9 Å². The highest BCUT2D eigenvalue weighted by Crippen LogP contribution is 2.39. The van der Waals surface area contributed by atoms with E-state index in [1.54, 1.807) is 10.9 Å². The lowest BCUT2D eigenvalue weighted by Gasteiger charge is -2.39. The Balaban J connectivity index is 1.27. The number of piperidine rings is 1. The van der Waals surface area contributed by atoms with Gasteiger partial charge in [0.25, 0.3) is 0 Å². The predicted molar refractivity (Wildman–Crippen MR) is 151 cm³/mol. The standard InChI is InChI=1S/C29H33F3N6O5S/c30-29(31,32)21-6-7-25-26(14-21)44(40,41)38-18-23(43-19-22-17-37(36-35-22)16-20-4-2-1-3-5-20)15-24(38)27(39)34-28(10-13-42-25)8-11-33-12-9-28/h1-7,14,17,23-24,33H,8-13,15-16,18-19H2,(H,34,39)/t23-,24+/m1/s1. The van der Waals surface area contributed by atoms with E-state index in [-0.39, 0.29) is 31.9 Å². The summed E-state index contributed by atoms with van der Waals surface area (Å²) in [5.41, 5.74) is -0.225. The van der Waals surface area contributed by atoms with Crippen molar-refractivity contribution in [3.63, 3.8) is 0 Å². The van der Waals surface area contributed by atoms with Crippen LogP contribution in [0.25, 0.3) is 0 Å². The van der Waals surface area contributed by atoms with Gasteiger partial charge in [-0.15, -0.1) is 5.10 Å². The third-order valence-electron chi connectivity index (χ3n) is 8.41. The number of benzene rings is 2. The fourth-order valence-corrected chi connectivity index (χ4v) is 7.81. The SMILES string of the molecule is O=C1NC2(CCNCC2)CCOc2ccc(C(F)(F)F)cc2S(=O)(=O)N2C[C@H](OCc3cn(Cc4ccccc4)nn3)C[C@@H]12. The predicted octanol–water partition coefficient (Wildman–Crippen LogP) is 2.71. The van der Waals surface area contributed by atoms with Crippen molar-refractivity contribution in [3.8, 4) is 5.75 Å². The summed E-state index contributed by atoms with van der Waals surface area (Å²) in [6, 6.07) is 10.9. The number of fused-ring (bicyclic) bond motifs is 2. The highest BCUT2D eigenvalue weighted by atomic mass is 32.2. The van der Waals surface area contributed by atoms with Crippen LogP contribution in [-0.4, -0.2) is 77.5 Å². The minimum atomic E-state index is -4.78. The summed E-state index contributed by atoms with van der Waals surface area (Å²) in [5, 5.41) is 14.6. The Labute approximate surface area is 252 Å². The Bertz CT molecular complexity index is 1590. The molecule has 2 atom stereocenters. The van der Waals surface area contributed by atoms with E-state index in [1.807, 2.05) is 30.3 Å². The van der Waals surface area contributed by atoms with Gasteiger partial charge in [0, 0.05) is 24.9 Å². The number of carbonyl (C=O) groups is 1. The molecule has 2 saturated heterocycles. The fraction of sp³-hybridized carbons (Fsp3) is 0.483. The largest absolute Gasteiger partial charge is 0.492 e. The number of amides is 1. The van der Waals surface area contributed by atoms with Gasteiger partial charge >= 0.3 is 6.18 Å². The number of nitrogens with zero attached hydrogens (tertiary/aromatic N) is 4. The third kappa shape index (κ3) is 6.46. The zero-order chi connectivity index (χ0) is 31.0. The molecule has 0 saturated carbocycles. The average Bonchev–Trinajstić information content (AvgIpc) is 3.64. The third-order valence-corrected chi connectivity index (χ3v) is 10.3. The number of aromatic nitrogens is 3. The lowest BCUT2D eigenvalue weighted by Crippen LogP contribution is -2.58. The molecule has 1 amide bonds. The Morgan fingerprint density at radius 3 is 2.61 bits per heavy atom. The number of halogens is 3. The highest BCUT2D eigenvalue weighted by Gasteiger charge is 2.48. The molecule has 6 rings (SSSR count). The van der Waals surface area contributed by atoms with E-state index < -0.39 is 50.3 Å². The number of hydrogen-bond acceptors (Lipinski definition) is 8. The summed E-state index contributed by atoms with van der Waals surface area (Å²) in [7, 11) is -4.62. The van der Waals surface area contributed by atoms with E-state index >= 15 is 0 Å². The van der Waals surface area contributed by atoms with Crippen LogP contribution in [0.1, 0.15) is 42.5 Å². The first-order valence-electron chi connectivity index (χ1n) is 14.5. The van der Waals surface area contributed by atoms with Gasteiger partial charge < -0.3 is 20.1 Å². The van der Waals surface area contributed by atoms with Crippen LogP contribution in [0.15, 0.2) is 59.6 Å². The molecule has 2 aromatic carbocycles. The molecule has 0 radical (unpaired) electrons. The van der Waals surface area contributed by atoms with Gasteiger partial charge in [0.05, 0.1) is 37.6 Å². The van der Waals surface area contributed by atoms with Crippen molar-refractivity contribution in [2.75, 3.05) is 26.2 Å². The lowest BCUT2D eigenvalue weighted by atomic mass is 9.85. The van der Waals surface area contributed by atoms with Crippen LogP contribution < -0.4 is 15.4 Å². The zero-order valence-corrected chi connectivity index (χ0v) is 24.6. The van der Waals surface area contributed by atoms with Crippen molar-refractivity contribution in [1.29, 1.82) is 0 Å². The molecular weight excluding hydrogens is 601 g/mol. The zero-order valence-electron chi connectivity index (χ0n) is 23.8. The number of carbonyl (C=O) groups excluding carboxylic acids is 1. The van der Waals surface area contributed by atoms with Gasteiger partial charge in [-0.3, -0.25) is 4.79 Å². The molecule has 11 nitrogen and oxygen atoms in total. The van der Waals surface area contributed by atoms with Crippen molar-refractivity contribution in [3.05, 3.63) is 71.5 Å². The van der Waals surface area contributed by atoms with E-state index in [9.17, 15) is 26.4 Å². The lowest BCUT2D eigenvalue weighted by molar-refractivity contribution is -0.137. The molecule has 2 fully saturated rings. The monoisotopic (exact) mass is 634 g/mol. The van der Waals surface area contributed by atoms with Crippen LogP contribution in [0.3, 0.4) is 0 Å². The number of alkyl halides is 3. The second kappa shape index (κ2) is 12.1. The van der Waals surface area contributed by atoms with E-state index in [1.165, 1.54) is 0 Å². The highest BCUT2D eigenvalue weighted by molar-refractivity contribution is 7.89. The van der Waals surface area contributed by atoms with Crippen molar-refractivity contribution in [1.82, 2.24) is 29.9 Å². The quantitative estimate of drug-likeness (QED) is 0.439. The van der Waals surface area contributed by atoms with E-state index in [2.05, 4.69) is 20.9 Å². The molecule has 3 aliphatic rings. The van der Waals surface area contributed by atoms with E-state index in [0.717, 1.165) is 22.0 Å². The van der Waals surface area contributed by atoms with Gasteiger partial charge in [-0.05, 0) is 49.7 Å². The first-order chi connectivity index (χ1) is 21.0. The maximum Gasteiger partial charge on any atom is 0.416 e. The number of hydrogen-bond donors (Lipinski definition) is 2. The van der Waals surface area contributed by atoms with Crippen LogP contribution in [0, 0.1) is 0 Å². The molecule has 3 aromatic rings. The van der Waals surface area contributed by atoms with Gasteiger partial charge in [0.1, 0.15) is 22.4 Å². The summed E-state index contributed by atoms with van der Waals surface area (Å²) in [6.07, 6.45) is -2.19. The molecular formula is C29H33F3N6O5S. The smallest absolute Gasteiger partial charge is 0.416 e. The number of sulfonamides is 1. The van der Waals surface area contributed by atoms with Crippen LogP contribution in [0.4, 0.5) is 13.2 Å². The Morgan fingerprint density at radius 2 is 1.86 bits per heavy atom. The van der Waals surface area contributed by atoms with Gasteiger partial charge in [-0.25, -0.2) is 13.1 Å². The molecule has 0 bridgehead atoms. The first-order valence-corrected chi connectivity index (χ1v) is 15.9. The second-order valence-corrected chi connectivity index (χ2v) is 13.3. The summed E-state index contributed by atoms with van der Waals surface area (Å²) >= 11 is 0. The van der Waals surface area contributed by atoms with Crippen molar-refractivity contribution >= 4 is 15.9 Å². The van der Waals surface area contributed by atoms with Gasteiger partial charge in [-0.2, -0.15) is 17.5 Å². The second-order valence-electron chi connectivity index (χ2n) is 11.4. The first kappa shape index (κ1) is 30.5. The van der Waals surface area contributed by atoms with Crippen LogP contribution in [-0.2, 0) is 38.9 Å². The van der Waals surface area contributed by atoms with Crippen LogP contribution in [0.2, 0.25) is 0 Å². The number of rotatable bonds is 5. The van der Waals surface area contributed by atoms with Gasteiger partial charge in [-0.1, -0.05) is 35.5 Å². The minimum Gasteiger partial charge on any atom is -0.492 e. The molecule has 2 N–H and O–H groups in total. The summed E-state index contributed by atoms with van der Waals surface area (Å²) in [6.45, 7) is 1.60. The Morgan fingerprint density at radius 1 is 1.09 bits per heavy atom. The molecule has 44 heavy (non-hydrogen) atoms. The molecule has 236 valence electrons. The molecule has 4 heterocycles. The van der Waals surface area contributed by atoms with Gasteiger partial charge in [0.15, 0.2) is 0 Å². The van der Waals surface area contributed by atoms with Crippen molar-refractivity contribution in [2.45, 2.75) is 67.6 Å². The molecule has 1 spiro atoms. The molecule has 1 aromatic heterocycles. The Kier molecular flexibility index (Phi) is 8.39. The molecule has 15 heteroatoms. The Hall–Kier alpha value is -3.53.